The van der Waals surface area contributed by atoms with E-state index in [9.17, 15) is 13.2 Å². The van der Waals surface area contributed by atoms with E-state index in [-0.39, 0.29) is 15.9 Å². The van der Waals surface area contributed by atoms with Crippen LogP contribution in [0.25, 0.3) is 0 Å². The Hall–Kier alpha value is -2.45. The van der Waals surface area contributed by atoms with Crippen molar-refractivity contribution in [1.82, 2.24) is 10.0 Å². The van der Waals surface area contributed by atoms with Crippen molar-refractivity contribution in [3.05, 3.63) is 59.7 Å². The van der Waals surface area contributed by atoms with Gasteiger partial charge in [-0.15, -0.1) is 0 Å². The molecule has 0 aliphatic rings. The first-order valence-corrected chi connectivity index (χ1v) is 9.99. The Labute approximate surface area is 159 Å². The topological polar surface area (TPSA) is 87.3 Å². The van der Waals surface area contributed by atoms with Crippen LogP contribution in [0.4, 0.5) is 5.69 Å². The molecule has 26 heavy (non-hydrogen) atoms. The standard InChI is InChI=1S/C18H21N3O3S2/c1-3-11-19-17(22)14-5-4-6-15(12-14)20-18(25)21-26(23,24)16-9-7-13(2)8-10-16/h4-10,12H,3,11H2,1-2H3,(H,19,22)(H2,20,21,25). The number of hydrogen-bond acceptors (Lipinski definition) is 4. The lowest BCUT2D eigenvalue weighted by molar-refractivity contribution is 0.0953. The van der Waals surface area contributed by atoms with Crippen LogP contribution >= 0.6 is 12.2 Å². The lowest BCUT2D eigenvalue weighted by Crippen LogP contribution is -2.34. The number of rotatable bonds is 6. The van der Waals surface area contributed by atoms with E-state index in [0.29, 0.717) is 17.8 Å². The molecule has 138 valence electrons. The molecule has 2 aromatic rings. The van der Waals surface area contributed by atoms with Gasteiger partial charge in [0.1, 0.15) is 0 Å². The summed E-state index contributed by atoms with van der Waals surface area (Å²) in [5, 5.41) is 5.50. The number of thiocarbonyl (C=S) groups is 1. The molecule has 0 saturated carbocycles. The number of anilines is 1. The summed E-state index contributed by atoms with van der Waals surface area (Å²) in [7, 11) is -3.77. The van der Waals surface area contributed by atoms with Gasteiger partial charge in [-0.1, -0.05) is 30.7 Å². The second kappa shape index (κ2) is 8.77. The third-order valence-corrected chi connectivity index (χ3v) is 5.18. The summed E-state index contributed by atoms with van der Waals surface area (Å²) in [5.74, 6) is -0.193. The van der Waals surface area contributed by atoms with Crippen molar-refractivity contribution in [3.63, 3.8) is 0 Å². The van der Waals surface area contributed by atoms with Crippen LogP contribution in [0.15, 0.2) is 53.4 Å². The fourth-order valence-electron chi connectivity index (χ4n) is 2.13. The first-order valence-electron chi connectivity index (χ1n) is 8.10. The van der Waals surface area contributed by atoms with E-state index < -0.39 is 10.0 Å². The number of nitrogens with one attached hydrogen (secondary N) is 3. The summed E-state index contributed by atoms with van der Waals surface area (Å²) in [6, 6.07) is 13.1. The van der Waals surface area contributed by atoms with Crippen molar-refractivity contribution in [2.75, 3.05) is 11.9 Å². The molecule has 0 aliphatic heterocycles. The number of amides is 1. The highest BCUT2D eigenvalue weighted by atomic mass is 32.2. The van der Waals surface area contributed by atoms with E-state index in [1.807, 2.05) is 13.8 Å². The highest BCUT2D eigenvalue weighted by Gasteiger charge is 2.15. The molecular weight excluding hydrogens is 370 g/mol. The Morgan fingerprint density at radius 1 is 1.12 bits per heavy atom. The van der Waals surface area contributed by atoms with Crippen LogP contribution in [0, 0.1) is 6.92 Å². The van der Waals surface area contributed by atoms with E-state index in [0.717, 1.165) is 12.0 Å². The summed E-state index contributed by atoms with van der Waals surface area (Å²) in [6.07, 6.45) is 0.842. The van der Waals surface area contributed by atoms with Crippen molar-refractivity contribution in [2.45, 2.75) is 25.2 Å². The number of hydrogen-bond donors (Lipinski definition) is 3. The molecule has 0 aliphatic carbocycles. The predicted molar refractivity (Wildman–Crippen MR) is 107 cm³/mol. The Morgan fingerprint density at radius 3 is 2.46 bits per heavy atom. The predicted octanol–water partition coefficient (Wildman–Crippen LogP) is 2.81. The van der Waals surface area contributed by atoms with Crippen LogP contribution in [-0.2, 0) is 10.0 Å². The van der Waals surface area contributed by atoms with Gasteiger partial charge in [-0.3, -0.25) is 9.52 Å². The van der Waals surface area contributed by atoms with Gasteiger partial charge < -0.3 is 10.6 Å². The molecule has 0 bridgehead atoms. The van der Waals surface area contributed by atoms with Gasteiger partial charge in [-0.05, 0) is 55.9 Å². The van der Waals surface area contributed by atoms with Crippen LogP contribution in [0.1, 0.15) is 29.3 Å². The summed E-state index contributed by atoms with van der Waals surface area (Å²) >= 11 is 5.09. The first kappa shape index (κ1) is 19.9. The van der Waals surface area contributed by atoms with Crippen LogP contribution in [0.3, 0.4) is 0 Å². The van der Waals surface area contributed by atoms with Gasteiger partial charge in [0.2, 0.25) is 0 Å². The lowest BCUT2D eigenvalue weighted by atomic mass is 10.2. The van der Waals surface area contributed by atoms with E-state index >= 15 is 0 Å². The summed E-state index contributed by atoms with van der Waals surface area (Å²) < 4.78 is 27.0. The van der Waals surface area contributed by atoms with E-state index in [1.54, 1.807) is 36.4 Å². The largest absolute Gasteiger partial charge is 0.352 e. The number of carbonyl (C=O) groups excluding carboxylic acids is 1. The molecule has 0 unspecified atom stereocenters. The monoisotopic (exact) mass is 391 g/mol. The molecule has 8 heteroatoms. The maximum atomic E-state index is 12.3. The van der Waals surface area contributed by atoms with Crippen LogP contribution in [0.5, 0.6) is 0 Å². The molecule has 0 fully saturated rings. The van der Waals surface area contributed by atoms with Gasteiger partial charge >= 0.3 is 0 Å². The van der Waals surface area contributed by atoms with Gasteiger partial charge in [0.25, 0.3) is 15.9 Å². The molecule has 2 aromatic carbocycles. The minimum absolute atomic E-state index is 0.0725. The maximum Gasteiger partial charge on any atom is 0.263 e. The van der Waals surface area contributed by atoms with E-state index in [4.69, 9.17) is 12.2 Å². The average molecular weight is 392 g/mol. The molecule has 3 N–H and O–H groups in total. The van der Waals surface area contributed by atoms with Crippen LogP contribution < -0.4 is 15.4 Å². The zero-order valence-electron chi connectivity index (χ0n) is 14.6. The Balaban J connectivity index is 2.05. The van der Waals surface area contributed by atoms with Gasteiger partial charge in [-0.2, -0.15) is 0 Å². The molecule has 0 radical (unpaired) electrons. The molecule has 0 aromatic heterocycles. The average Bonchev–Trinajstić information content (AvgIpc) is 2.59. The normalized spacial score (nSPS) is 10.8. The van der Waals surface area contributed by atoms with Crippen molar-refractivity contribution < 1.29 is 13.2 Å². The van der Waals surface area contributed by atoms with Crippen molar-refractivity contribution in [3.8, 4) is 0 Å². The van der Waals surface area contributed by atoms with Crippen molar-refractivity contribution >= 4 is 38.9 Å². The SMILES string of the molecule is CCCNC(=O)c1cccc(NC(=S)NS(=O)(=O)c2ccc(C)cc2)c1. The number of benzene rings is 2. The molecule has 0 saturated heterocycles. The molecule has 1 amide bonds. The fraction of sp³-hybridized carbons (Fsp3) is 0.222. The quantitative estimate of drug-likeness (QED) is 0.659. The van der Waals surface area contributed by atoms with Gasteiger partial charge in [0.15, 0.2) is 5.11 Å². The van der Waals surface area contributed by atoms with Gasteiger partial charge in [0.05, 0.1) is 4.90 Å². The second-order valence-corrected chi connectivity index (χ2v) is 7.80. The van der Waals surface area contributed by atoms with Crippen LogP contribution in [0.2, 0.25) is 0 Å². The van der Waals surface area contributed by atoms with Gasteiger partial charge in [-0.25, -0.2) is 8.42 Å². The Morgan fingerprint density at radius 2 is 1.81 bits per heavy atom. The Kier molecular flexibility index (Phi) is 6.70. The molecular formula is C18H21N3O3S2. The third kappa shape index (κ3) is 5.53. The van der Waals surface area contributed by atoms with Gasteiger partial charge in [0, 0.05) is 17.8 Å². The fourth-order valence-corrected chi connectivity index (χ4v) is 3.49. The summed E-state index contributed by atoms with van der Waals surface area (Å²) in [4.78, 5) is 12.1. The summed E-state index contributed by atoms with van der Waals surface area (Å²) in [6.45, 7) is 4.43. The van der Waals surface area contributed by atoms with Crippen LogP contribution in [-0.4, -0.2) is 26.0 Å². The molecule has 0 atom stereocenters. The second-order valence-electron chi connectivity index (χ2n) is 5.71. The van der Waals surface area contributed by atoms with E-state index in [1.165, 1.54) is 12.1 Å². The van der Waals surface area contributed by atoms with Crippen molar-refractivity contribution in [1.29, 1.82) is 0 Å². The zero-order chi connectivity index (χ0) is 19.2. The maximum absolute atomic E-state index is 12.3. The lowest BCUT2D eigenvalue weighted by Gasteiger charge is -2.12. The Bertz CT molecular complexity index is 894. The molecule has 0 spiro atoms. The molecule has 0 heterocycles. The number of aryl methyl sites for hydroxylation is 1. The summed E-state index contributed by atoms with van der Waals surface area (Å²) in [5.41, 5.74) is 1.95. The number of carbonyl (C=O) groups is 1. The smallest absolute Gasteiger partial charge is 0.263 e. The highest BCUT2D eigenvalue weighted by Crippen LogP contribution is 2.13. The number of sulfonamides is 1. The zero-order valence-corrected chi connectivity index (χ0v) is 16.2. The minimum atomic E-state index is -3.77. The van der Waals surface area contributed by atoms with Crippen molar-refractivity contribution in [2.24, 2.45) is 0 Å². The highest BCUT2D eigenvalue weighted by molar-refractivity contribution is 7.92. The third-order valence-electron chi connectivity index (χ3n) is 3.48. The van der Waals surface area contributed by atoms with E-state index in [2.05, 4.69) is 15.4 Å². The molecule has 2 rings (SSSR count). The minimum Gasteiger partial charge on any atom is -0.352 e. The first-order chi connectivity index (χ1) is 12.3. The molecule has 6 nitrogen and oxygen atoms in total.